The number of hydrogen-bond acceptors (Lipinski definition) is 6. The summed E-state index contributed by atoms with van der Waals surface area (Å²) < 4.78 is 32.3. The first-order valence-electron chi connectivity index (χ1n) is 13.4. The number of benzene rings is 3. The van der Waals surface area contributed by atoms with Crippen LogP contribution in [0, 0.1) is 0 Å². The summed E-state index contributed by atoms with van der Waals surface area (Å²) in [6.07, 6.45) is 0. The molecule has 1 fully saturated rings. The largest absolute Gasteiger partial charge is 0.335 e. The molecule has 1 amide bonds. The Bertz CT molecular complexity index is 1790. The molecular formula is C30H31N5O3S2. The number of carbonyl (C=O) groups is 1. The number of aromatic nitrogens is 2. The Balaban J connectivity index is 1.37. The molecule has 1 aliphatic rings. The molecule has 2 aromatic heterocycles. The molecular weight excluding hydrogens is 542 g/mol. The summed E-state index contributed by atoms with van der Waals surface area (Å²) in [6.45, 7) is 6.38. The molecule has 0 radical (unpaired) electrons. The van der Waals surface area contributed by atoms with Gasteiger partial charge in [0.2, 0.25) is 0 Å². The fourth-order valence-electron chi connectivity index (χ4n) is 5.21. The number of amides is 1. The smallest absolute Gasteiger partial charge is 0.264 e. The van der Waals surface area contributed by atoms with Crippen molar-refractivity contribution in [2.24, 2.45) is 7.05 Å². The highest BCUT2D eigenvalue weighted by molar-refractivity contribution is 7.92. The second-order valence-electron chi connectivity index (χ2n) is 9.96. The van der Waals surface area contributed by atoms with Crippen LogP contribution in [0.5, 0.6) is 0 Å². The molecule has 1 saturated heterocycles. The third-order valence-corrected chi connectivity index (χ3v) is 10.5. The van der Waals surface area contributed by atoms with Gasteiger partial charge in [-0.05, 0) is 60.5 Å². The third kappa shape index (κ3) is 4.87. The molecule has 6 rings (SSSR count). The number of thiophene rings is 1. The van der Waals surface area contributed by atoms with Crippen molar-refractivity contribution >= 4 is 54.1 Å². The van der Waals surface area contributed by atoms with Crippen molar-refractivity contribution in [3.8, 4) is 0 Å². The average molecular weight is 574 g/mol. The molecule has 3 heterocycles. The molecule has 10 heteroatoms. The number of imidazole rings is 1. The van der Waals surface area contributed by atoms with Crippen LogP contribution >= 0.6 is 11.3 Å². The topological polar surface area (TPSA) is 78.8 Å². The second kappa shape index (κ2) is 10.7. The highest BCUT2D eigenvalue weighted by Gasteiger charge is 2.28. The number of para-hydroxylation sites is 2. The van der Waals surface area contributed by atoms with E-state index in [0.717, 1.165) is 40.8 Å². The van der Waals surface area contributed by atoms with Crippen LogP contribution in [0.15, 0.2) is 83.8 Å². The number of likely N-dealkylation sites (N-methyl/N-ethyl adjacent to an activating group) is 1. The Morgan fingerprint density at radius 1 is 0.950 bits per heavy atom. The highest BCUT2D eigenvalue weighted by Crippen LogP contribution is 2.33. The first-order valence-corrected chi connectivity index (χ1v) is 15.6. The van der Waals surface area contributed by atoms with E-state index >= 15 is 0 Å². The van der Waals surface area contributed by atoms with Crippen LogP contribution in [0.25, 0.3) is 21.1 Å². The lowest BCUT2D eigenvalue weighted by Crippen LogP contribution is -2.48. The van der Waals surface area contributed by atoms with Gasteiger partial charge in [-0.25, -0.2) is 13.4 Å². The minimum absolute atomic E-state index is 0.0342. The van der Waals surface area contributed by atoms with Crippen molar-refractivity contribution in [3.63, 3.8) is 0 Å². The molecule has 0 bridgehead atoms. The summed E-state index contributed by atoms with van der Waals surface area (Å²) in [5.41, 5.74) is 2.27. The Morgan fingerprint density at radius 3 is 2.40 bits per heavy atom. The lowest BCUT2D eigenvalue weighted by molar-refractivity contribution is 0.0648. The monoisotopic (exact) mass is 573 g/mol. The van der Waals surface area contributed by atoms with E-state index < -0.39 is 10.0 Å². The molecule has 3 aromatic carbocycles. The fourth-order valence-corrected chi connectivity index (χ4v) is 7.66. The number of nitrogens with zero attached hydrogens (tertiary/aromatic N) is 5. The maximum atomic E-state index is 14.0. The number of aryl methyl sites for hydroxylation is 1. The van der Waals surface area contributed by atoms with Gasteiger partial charge in [-0.1, -0.05) is 37.3 Å². The van der Waals surface area contributed by atoms with Crippen molar-refractivity contribution in [1.82, 2.24) is 19.4 Å². The Kier molecular flexibility index (Phi) is 7.07. The van der Waals surface area contributed by atoms with Crippen LogP contribution in [0.4, 0.5) is 5.69 Å². The number of sulfonamides is 1. The summed E-state index contributed by atoms with van der Waals surface area (Å²) in [5.74, 6) is 0.667. The molecule has 0 unspecified atom stereocenters. The number of piperazine rings is 1. The van der Waals surface area contributed by atoms with E-state index in [9.17, 15) is 13.2 Å². The third-order valence-electron chi connectivity index (χ3n) is 7.60. The molecule has 0 atom stereocenters. The SMILES string of the molecule is CCN1CCN(C(=O)c2cc3cc(N(Cc4nc5ccccc5n4C)S(=O)(=O)c4ccccc4)ccc3s2)CC1. The van der Waals surface area contributed by atoms with Crippen molar-refractivity contribution in [1.29, 1.82) is 0 Å². The average Bonchev–Trinajstić information content (AvgIpc) is 3.56. The highest BCUT2D eigenvalue weighted by atomic mass is 32.2. The number of carbonyl (C=O) groups excluding carboxylic acids is 1. The second-order valence-corrected chi connectivity index (χ2v) is 12.9. The lowest BCUT2D eigenvalue weighted by Gasteiger charge is -2.33. The summed E-state index contributed by atoms with van der Waals surface area (Å²) in [7, 11) is -2.00. The van der Waals surface area contributed by atoms with Gasteiger partial charge in [-0.3, -0.25) is 9.10 Å². The molecule has 0 aliphatic carbocycles. The summed E-state index contributed by atoms with van der Waals surface area (Å²) in [4.78, 5) is 23.2. The number of fused-ring (bicyclic) bond motifs is 2. The molecule has 1 aliphatic heterocycles. The van der Waals surface area contributed by atoms with Crippen LogP contribution in [0.3, 0.4) is 0 Å². The Morgan fingerprint density at radius 2 is 1.68 bits per heavy atom. The van der Waals surface area contributed by atoms with Gasteiger partial charge in [-0.2, -0.15) is 0 Å². The van der Waals surface area contributed by atoms with Gasteiger partial charge in [-0.15, -0.1) is 11.3 Å². The van der Waals surface area contributed by atoms with Crippen LogP contribution in [-0.2, 0) is 23.6 Å². The summed E-state index contributed by atoms with van der Waals surface area (Å²) in [6, 6.07) is 23.7. The van der Waals surface area contributed by atoms with Gasteiger partial charge >= 0.3 is 0 Å². The summed E-state index contributed by atoms with van der Waals surface area (Å²) in [5, 5.41) is 0.844. The Hall–Kier alpha value is -3.73. The minimum Gasteiger partial charge on any atom is -0.335 e. The van der Waals surface area contributed by atoms with Gasteiger partial charge < -0.3 is 14.4 Å². The van der Waals surface area contributed by atoms with E-state index in [4.69, 9.17) is 4.98 Å². The number of anilines is 1. The van der Waals surface area contributed by atoms with Gasteiger partial charge in [0.1, 0.15) is 5.82 Å². The maximum absolute atomic E-state index is 14.0. The van der Waals surface area contributed by atoms with E-state index in [1.165, 1.54) is 15.6 Å². The zero-order valence-electron chi connectivity index (χ0n) is 22.5. The standard InChI is InChI=1S/C30H31N5O3S2/c1-3-33-15-17-34(18-16-33)30(36)28-20-22-19-23(13-14-27(22)39-28)35(40(37,38)24-9-5-4-6-10-24)21-29-31-25-11-7-8-12-26(25)32(29)2/h4-14,19-20H,3,15-18,21H2,1-2H3. The molecule has 0 N–H and O–H groups in total. The van der Waals surface area contributed by atoms with Crippen LogP contribution in [0.1, 0.15) is 22.4 Å². The van der Waals surface area contributed by atoms with Gasteiger partial charge in [0, 0.05) is 37.9 Å². The maximum Gasteiger partial charge on any atom is 0.264 e. The lowest BCUT2D eigenvalue weighted by atomic mass is 10.2. The molecule has 5 aromatic rings. The quantitative estimate of drug-likeness (QED) is 0.275. The molecule has 8 nitrogen and oxygen atoms in total. The van der Waals surface area contributed by atoms with Crippen molar-refractivity contribution < 1.29 is 13.2 Å². The van der Waals surface area contributed by atoms with Crippen LogP contribution in [0.2, 0.25) is 0 Å². The van der Waals surface area contributed by atoms with Gasteiger partial charge in [0.15, 0.2) is 0 Å². The Labute approximate surface area is 238 Å². The fraction of sp³-hybridized carbons (Fsp3) is 0.267. The first kappa shape index (κ1) is 26.5. The van der Waals surface area contributed by atoms with Crippen LogP contribution in [-0.4, -0.2) is 66.4 Å². The zero-order chi connectivity index (χ0) is 27.9. The van der Waals surface area contributed by atoms with E-state index in [-0.39, 0.29) is 17.3 Å². The molecule has 206 valence electrons. The summed E-state index contributed by atoms with van der Waals surface area (Å²) >= 11 is 1.45. The normalized spacial score (nSPS) is 14.7. The van der Waals surface area contributed by atoms with E-state index in [0.29, 0.717) is 29.5 Å². The molecule has 0 saturated carbocycles. The van der Waals surface area contributed by atoms with E-state index in [1.54, 1.807) is 30.3 Å². The van der Waals surface area contributed by atoms with E-state index in [1.807, 2.05) is 65.0 Å². The first-order chi connectivity index (χ1) is 19.3. The van der Waals surface area contributed by atoms with Gasteiger partial charge in [0.25, 0.3) is 15.9 Å². The van der Waals surface area contributed by atoms with Gasteiger partial charge in [0.05, 0.1) is 33.0 Å². The van der Waals surface area contributed by atoms with E-state index in [2.05, 4.69) is 11.8 Å². The zero-order valence-corrected chi connectivity index (χ0v) is 24.2. The van der Waals surface area contributed by atoms with Crippen molar-refractivity contribution in [2.75, 3.05) is 37.0 Å². The predicted octanol–water partition coefficient (Wildman–Crippen LogP) is 4.96. The predicted molar refractivity (Wildman–Crippen MR) is 160 cm³/mol. The number of hydrogen-bond donors (Lipinski definition) is 0. The van der Waals surface area contributed by atoms with Crippen molar-refractivity contribution in [2.45, 2.75) is 18.4 Å². The molecule has 40 heavy (non-hydrogen) atoms. The van der Waals surface area contributed by atoms with Crippen molar-refractivity contribution in [3.05, 3.63) is 89.6 Å². The number of rotatable bonds is 7. The molecule has 0 spiro atoms. The minimum atomic E-state index is -3.91. The van der Waals surface area contributed by atoms with Crippen LogP contribution < -0.4 is 4.31 Å².